The number of aliphatic carboxylic acids is 1. The first kappa shape index (κ1) is 14.4. The van der Waals surface area contributed by atoms with Gasteiger partial charge >= 0.3 is 5.97 Å². The van der Waals surface area contributed by atoms with Gasteiger partial charge in [0.1, 0.15) is 5.54 Å². The molecule has 3 nitrogen and oxygen atoms in total. The van der Waals surface area contributed by atoms with Crippen molar-refractivity contribution in [2.45, 2.75) is 49.1 Å². The average molecular weight is 279 g/mol. The molecular formula is C15H21NO2S. The van der Waals surface area contributed by atoms with Crippen LogP contribution in [0.4, 0.5) is 0 Å². The van der Waals surface area contributed by atoms with E-state index >= 15 is 0 Å². The predicted octanol–water partition coefficient (Wildman–Crippen LogP) is 2.95. The monoisotopic (exact) mass is 279 g/mol. The summed E-state index contributed by atoms with van der Waals surface area (Å²) in [4.78, 5) is 11.2. The van der Waals surface area contributed by atoms with Gasteiger partial charge in [0.25, 0.3) is 0 Å². The van der Waals surface area contributed by atoms with Gasteiger partial charge in [-0.3, -0.25) is 4.79 Å². The van der Waals surface area contributed by atoms with Crippen LogP contribution in [0.1, 0.15) is 36.8 Å². The number of carboxylic acids is 1. The van der Waals surface area contributed by atoms with Crippen LogP contribution >= 0.6 is 11.8 Å². The van der Waals surface area contributed by atoms with Crippen molar-refractivity contribution >= 4 is 17.7 Å². The summed E-state index contributed by atoms with van der Waals surface area (Å²) in [6.07, 6.45) is 3.17. The van der Waals surface area contributed by atoms with E-state index in [9.17, 15) is 9.90 Å². The molecule has 1 aliphatic rings. The topological polar surface area (TPSA) is 63.3 Å². The number of benzene rings is 1. The Morgan fingerprint density at radius 1 is 1.58 bits per heavy atom. The summed E-state index contributed by atoms with van der Waals surface area (Å²) in [5, 5.41) is 9.56. The Labute approximate surface area is 118 Å². The third-order valence-electron chi connectivity index (χ3n) is 3.74. The first-order valence-electron chi connectivity index (χ1n) is 6.69. The van der Waals surface area contributed by atoms with E-state index in [1.807, 2.05) is 11.8 Å². The van der Waals surface area contributed by atoms with Gasteiger partial charge in [0.2, 0.25) is 0 Å². The van der Waals surface area contributed by atoms with Crippen LogP contribution in [0.25, 0.3) is 0 Å². The number of rotatable bonds is 4. The molecule has 0 bridgehead atoms. The SMILES string of the molecule is Cc1cccc(CSC2CCCC(N)(C(=O)O)C2)c1. The first-order valence-corrected chi connectivity index (χ1v) is 7.74. The highest BCUT2D eigenvalue weighted by atomic mass is 32.2. The van der Waals surface area contributed by atoms with Crippen LogP contribution in [-0.2, 0) is 10.5 Å². The molecule has 0 saturated heterocycles. The normalized spacial score (nSPS) is 27.2. The minimum absolute atomic E-state index is 0.357. The van der Waals surface area contributed by atoms with Gasteiger partial charge in [-0.15, -0.1) is 0 Å². The van der Waals surface area contributed by atoms with Crippen molar-refractivity contribution in [3.63, 3.8) is 0 Å². The molecule has 1 saturated carbocycles. The molecule has 1 aliphatic carbocycles. The summed E-state index contributed by atoms with van der Waals surface area (Å²) in [5.74, 6) is 0.0792. The molecule has 0 aliphatic heterocycles. The highest BCUT2D eigenvalue weighted by Gasteiger charge is 2.39. The molecule has 0 radical (unpaired) electrons. The van der Waals surface area contributed by atoms with Gasteiger partial charge in [0.15, 0.2) is 0 Å². The Morgan fingerprint density at radius 3 is 3.05 bits per heavy atom. The van der Waals surface area contributed by atoms with Gasteiger partial charge in [0.05, 0.1) is 0 Å². The van der Waals surface area contributed by atoms with E-state index < -0.39 is 11.5 Å². The van der Waals surface area contributed by atoms with Crippen LogP contribution in [0.15, 0.2) is 24.3 Å². The lowest BCUT2D eigenvalue weighted by atomic mass is 9.82. The number of carbonyl (C=O) groups is 1. The Bertz CT molecular complexity index is 463. The second-order valence-electron chi connectivity index (χ2n) is 5.48. The van der Waals surface area contributed by atoms with Crippen molar-refractivity contribution in [2.75, 3.05) is 0 Å². The van der Waals surface area contributed by atoms with Crippen LogP contribution in [0.2, 0.25) is 0 Å². The third kappa shape index (κ3) is 3.74. The maximum absolute atomic E-state index is 11.2. The maximum atomic E-state index is 11.2. The standard InChI is InChI=1S/C15H21NO2S/c1-11-4-2-5-12(8-11)10-19-13-6-3-7-15(16,9-13)14(17)18/h2,4-5,8,13H,3,6-7,9-10,16H2,1H3,(H,17,18). The van der Waals surface area contributed by atoms with Crippen molar-refractivity contribution in [3.8, 4) is 0 Å². The fourth-order valence-electron chi connectivity index (χ4n) is 2.61. The number of thioether (sulfide) groups is 1. The molecule has 0 aromatic heterocycles. The highest BCUT2D eigenvalue weighted by Crippen LogP contribution is 2.35. The largest absolute Gasteiger partial charge is 0.480 e. The van der Waals surface area contributed by atoms with Crippen molar-refractivity contribution in [1.82, 2.24) is 0 Å². The summed E-state index contributed by atoms with van der Waals surface area (Å²) < 4.78 is 0. The number of carboxylic acid groups (broad SMARTS) is 1. The van der Waals surface area contributed by atoms with E-state index in [4.69, 9.17) is 5.73 Å². The first-order chi connectivity index (χ1) is 8.99. The fraction of sp³-hybridized carbons (Fsp3) is 0.533. The molecule has 104 valence electrons. The lowest BCUT2D eigenvalue weighted by Crippen LogP contribution is -2.51. The smallest absolute Gasteiger partial charge is 0.323 e. The van der Waals surface area contributed by atoms with Gasteiger partial charge in [-0.25, -0.2) is 0 Å². The van der Waals surface area contributed by atoms with Crippen molar-refractivity contribution in [1.29, 1.82) is 0 Å². The molecule has 19 heavy (non-hydrogen) atoms. The summed E-state index contributed by atoms with van der Waals surface area (Å²) in [7, 11) is 0. The lowest BCUT2D eigenvalue weighted by Gasteiger charge is -2.34. The van der Waals surface area contributed by atoms with Crippen molar-refractivity contribution in [3.05, 3.63) is 35.4 Å². The van der Waals surface area contributed by atoms with Gasteiger partial charge in [-0.05, 0) is 38.2 Å². The van der Waals surface area contributed by atoms with Crippen LogP contribution in [0.3, 0.4) is 0 Å². The van der Waals surface area contributed by atoms with E-state index in [2.05, 4.69) is 31.2 Å². The van der Waals surface area contributed by atoms with E-state index in [0.717, 1.165) is 18.6 Å². The molecule has 0 spiro atoms. The molecule has 1 aromatic carbocycles. The van der Waals surface area contributed by atoms with E-state index in [-0.39, 0.29) is 0 Å². The number of hydrogen-bond donors (Lipinski definition) is 2. The Kier molecular flexibility index (Phi) is 4.53. The summed E-state index contributed by atoms with van der Waals surface area (Å²) in [6, 6.07) is 8.46. The maximum Gasteiger partial charge on any atom is 0.323 e. The van der Waals surface area contributed by atoms with Crippen molar-refractivity contribution in [2.24, 2.45) is 5.73 Å². The third-order valence-corrected chi connectivity index (χ3v) is 5.11. The molecular weight excluding hydrogens is 258 g/mol. The summed E-state index contributed by atoms with van der Waals surface area (Å²) in [5.41, 5.74) is 7.52. The Hall–Kier alpha value is -1.00. The van der Waals surface area contributed by atoms with Gasteiger partial charge in [-0.1, -0.05) is 29.8 Å². The van der Waals surface area contributed by atoms with Crippen LogP contribution in [0, 0.1) is 6.92 Å². The van der Waals surface area contributed by atoms with Crippen LogP contribution in [-0.4, -0.2) is 21.9 Å². The molecule has 2 atom stereocenters. The van der Waals surface area contributed by atoms with Gasteiger partial charge in [0, 0.05) is 11.0 Å². The zero-order chi connectivity index (χ0) is 13.9. The zero-order valence-corrected chi connectivity index (χ0v) is 12.1. The Morgan fingerprint density at radius 2 is 2.37 bits per heavy atom. The molecule has 0 heterocycles. The Balaban J connectivity index is 1.91. The van der Waals surface area contributed by atoms with Crippen molar-refractivity contribution < 1.29 is 9.90 Å². The lowest BCUT2D eigenvalue weighted by molar-refractivity contribution is -0.144. The molecule has 3 N–H and O–H groups in total. The van der Waals surface area contributed by atoms with E-state index in [1.54, 1.807) is 0 Å². The predicted molar refractivity (Wildman–Crippen MR) is 79.3 cm³/mol. The van der Waals surface area contributed by atoms with Gasteiger partial charge in [-0.2, -0.15) is 11.8 Å². The van der Waals surface area contributed by atoms with Crippen LogP contribution < -0.4 is 5.73 Å². The minimum Gasteiger partial charge on any atom is -0.480 e. The second kappa shape index (κ2) is 5.97. The summed E-state index contributed by atoms with van der Waals surface area (Å²) >= 11 is 1.84. The van der Waals surface area contributed by atoms with Gasteiger partial charge < -0.3 is 10.8 Å². The highest BCUT2D eigenvalue weighted by molar-refractivity contribution is 7.99. The average Bonchev–Trinajstić information content (AvgIpc) is 2.36. The second-order valence-corrected chi connectivity index (χ2v) is 6.77. The zero-order valence-electron chi connectivity index (χ0n) is 11.3. The molecule has 4 heteroatoms. The number of hydrogen-bond acceptors (Lipinski definition) is 3. The minimum atomic E-state index is -1.01. The van der Waals surface area contributed by atoms with E-state index in [0.29, 0.717) is 18.1 Å². The molecule has 2 unspecified atom stereocenters. The number of nitrogens with two attached hydrogens (primary N) is 1. The molecule has 2 rings (SSSR count). The van der Waals surface area contributed by atoms with Crippen LogP contribution in [0.5, 0.6) is 0 Å². The molecule has 0 amide bonds. The molecule has 1 aromatic rings. The number of aryl methyl sites for hydroxylation is 1. The fourth-order valence-corrected chi connectivity index (χ4v) is 3.96. The molecule has 1 fully saturated rings. The summed E-state index contributed by atoms with van der Waals surface area (Å²) in [6.45, 7) is 2.09. The quantitative estimate of drug-likeness (QED) is 0.889. The van der Waals surface area contributed by atoms with E-state index in [1.165, 1.54) is 11.1 Å².